The summed E-state index contributed by atoms with van der Waals surface area (Å²) in [6.45, 7) is 2.77. The number of nitrogens with two attached hydrogens (primary N) is 1. The Morgan fingerprint density at radius 2 is 2.19 bits per heavy atom. The first kappa shape index (κ1) is 13.4. The number of thiazole rings is 1. The maximum absolute atomic E-state index is 12.3. The fraction of sp³-hybridized carbons (Fsp3) is 0.667. The highest BCUT2D eigenvalue weighted by atomic mass is 32.1. The molecule has 0 radical (unpaired) electrons. The zero-order chi connectivity index (χ0) is 12.3. The normalized spacial score (nSPS) is 14.4. The average molecular weight is 253 g/mol. The molecule has 92 valence electrons. The Bertz CT molecular complexity index is 337. The highest BCUT2D eigenvalue weighted by Crippen LogP contribution is 2.33. The molecule has 1 aromatic heterocycles. The van der Waals surface area contributed by atoms with Gasteiger partial charge in [-0.05, 0) is 14.0 Å². The number of rotatable bonds is 4. The maximum Gasteiger partial charge on any atom is 0.427 e. The molecular weight excluding hydrogens is 239 g/mol. The van der Waals surface area contributed by atoms with Gasteiger partial charge in [-0.25, -0.2) is 4.98 Å². The van der Waals surface area contributed by atoms with Crippen molar-refractivity contribution in [3.05, 3.63) is 16.1 Å². The fourth-order valence-corrected chi connectivity index (χ4v) is 1.91. The second-order valence-corrected chi connectivity index (χ2v) is 4.73. The molecule has 1 rings (SSSR count). The lowest BCUT2D eigenvalue weighted by molar-refractivity contribution is -0.134. The molecule has 3 nitrogen and oxygen atoms in total. The number of halogens is 3. The van der Waals surface area contributed by atoms with E-state index in [-0.39, 0.29) is 6.04 Å². The Morgan fingerprint density at radius 3 is 2.62 bits per heavy atom. The van der Waals surface area contributed by atoms with Crippen molar-refractivity contribution < 1.29 is 13.2 Å². The van der Waals surface area contributed by atoms with Gasteiger partial charge in [0.25, 0.3) is 0 Å². The minimum Gasteiger partial charge on any atom is -0.329 e. The van der Waals surface area contributed by atoms with Crippen LogP contribution in [-0.4, -0.2) is 29.5 Å². The molecule has 0 amide bonds. The third-order valence-corrected chi connectivity index (χ3v) is 3.34. The first-order chi connectivity index (χ1) is 7.34. The summed E-state index contributed by atoms with van der Waals surface area (Å²) in [4.78, 5) is 4.97. The van der Waals surface area contributed by atoms with Crippen LogP contribution in [-0.2, 0) is 12.7 Å². The zero-order valence-electron chi connectivity index (χ0n) is 9.08. The van der Waals surface area contributed by atoms with Crippen molar-refractivity contribution >= 4 is 11.3 Å². The van der Waals surface area contributed by atoms with Crippen LogP contribution in [0.4, 0.5) is 13.2 Å². The van der Waals surface area contributed by atoms with Crippen molar-refractivity contribution in [3.63, 3.8) is 0 Å². The van der Waals surface area contributed by atoms with Crippen LogP contribution in [0, 0.1) is 0 Å². The number of hydrogen-bond acceptors (Lipinski definition) is 4. The number of aromatic nitrogens is 1. The minimum absolute atomic E-state index is 0.123. The van der Waals surface area contributed by atoms with Crippen LogP contribution in [0.2, 0.25) is 0 Å². The topological polar surface area (TPSA) is 42.1 Å². The molecule has 0 spiro atoms. The van der Waals surface area contributed by atoms with E-state index in [9.17, 15) is 13.2 Å². The van der Waals surface area contributed by atoms with Gasteiger partial charge in [0.1, 0.15) is 9.88 Å². The SMILES string of the molecule is CC(CN)N(C)Cc1ncc(C(F)(F)F)s1. The molecule has 2 N–H and O–H groups in total. The van der Waals surface area contributed by atoms with Gasteiger partial charge in [0.2, 0.25) is 0 Å². The molecule has 0 fully saturated rings. The molecule has 1 atom stereocenters. The van der Waals surface area contributed by atoms with E-state index in [1.807, 2.05) is 18.9 Å². The van der Waals surface area contributed by atoms with E-state index < -0.39 is 11.1 Å². The van der Waals surface area contributed by atoms with E-state index in [0.29, 0.717) is 29.4 Å². The summed E-state index contributed by atoms with van der Waals surface area (Å²) < 4.78 is 36.9. The van der Waals surface area contributed by atoms with E-state index in [1.165, 1.54) is 0 Å². The molecule has 0 aliphatic rings. The fourth-order valence-electron chi connectivity index (χ4n) is 1.06. The maximum atomic E-state index is 12.3. The molecule has 16 heavy (non-hydrogen) atoms. The van der Waals surface area contributed by atoms with E-state index in [1.54, 1.807) is 0 Å². The minimum atomic E-state index is -4.30. The number of nitrogens with zero attached hydrogens (tertiary/aromatic N) is 2. The van der Waals surface area contributed by atoms with Crippen molar-refractivity contribution in [2.45, 2.75) is 25.7 Å². The molecule has 0 bridgehead atoms. The molecular formula is C9H14F3N3S. The summed E-state index contributed by atoms with van der Waals surface area (Å²) >= 11 is 0.677. The molecule has 1 unspecified atom stereocenters. The van der Waals surface area contributed by atoms with Crippen LogP contribution in [0.25, 0.3) is 0 Å². The summed E-state index contributed by atoms with van der Waals surface area (Å²) in [5.74, 6) is 0. The van der Waals surface area contributed by atoms with Crippen molar-refractivity contribution in [1.82, 2.24) is 9.88 Å². The van der Waals surface area contributed by atoms with Gasteiger partial charge in [0.15, 0.2) is 0 Å². The smallest absolute Gasteiger partial charge is 0.329 e. The van der Waals surface area contributed by atoms with Crippen LogP contribution < -0.4 is 5.73 Å². The Hall–Kier alpha value is -0.660. The average Bonchev–Trinajstić information content (AvgIpc) is 2.64. The summed E-state index contributed by atoms with van der Waals surface area (Å²) in [6, 6.07) is 0.123. The largest absolute Gasteiger partial charge is 0.427 e. The lowest BCUT2D eigenvalue weighted by Gasteiger charge is -2.21. The Kier molecular flexibility index (Phi) is 4.28. The van der Waals surface area contributed by atoms with E-state index in [4.69, 9.17) is 5.73 Å². The molecule has 7 heteroatoms. The van der Waals surface area contributed by atoms with Crippen molar-refractivity contribution in [1.29, 1.82) is 0 Å². The van der Waals surface area contributed by atoms with Gasteiger partial charge < -0.3 is 5.73 Å². The highest BCUT2D eigenvalue weighted by Gasteiger charge is 2.33. The summed E-state index contributed by atoms with van der Waals surface area (Å²) in [7, 11) is 1.81. The van der Waals surface area contributed by atoms with Gasteiger partial charge >= 0.3 is 6.18 Å². The second-order valence-electron chi connectivity index (χ2n) is 3.62. The molecule has 0 aromatic carbocycles. The van der Waals surface area contributed by atoms with Gasteiger partial charge in [0.05, 0.1) is 12.7 Å². The lowest BCUT2D eigenvalue weighted by atomic mass is 10.3. The molecule has 1 aromatic rings. The number of alkyl halides is 3. The van der Waals surface area contributed by atoms with Gasteiger partial charge in [-0.3, -0.25) is 4.90 Å². The van der Waals surface area contributed by atoms with Gasteiger partial charge in [-0.1, -0.05) is 0 Å². The molecule has 0 saturated carbocycles. The Labute approximate surface area is 96.1 Å². The molecule has 1 heterocycles. The van der Waals surface area contributed by atoms with Crippen molar-refractivity contribution in [3.8, 4) is 0 Å². The molecule has 0 saturated heterocycles. The van der Waals surface area contributed by atoms with E-state index in [0.717, 1.165) is 6.20 Å². The van der Waals surface area contributed by atoms with Gasteiger partial charge in [-0.2, -0.15) is 13.2 Å². The monoisotopic (exact) mass is 253 g/mol. The van der Waals surface area contributed by atoms with Gasteiger partial charge in [0, 0.05) is 12.6 Å². The third-order valence-electron chi connectivity index (χ3n) is 2.31. The van der Waals surface area contributed by atoms with E-state index >= 15 is 0 Å². The van der Waals surface area contributed by atoms with E-state index in [2.05, 4.69) is 4.98 Å². The summed E-state index contributed by atoms with van der Waals surface area (Å²) in [5.41, 5.74) is 5.46. The Balaban J connectivity index is 2.66. The lowest BCUT2D eigenvalue weighted by Crippen LogP contribution is -2.34. The van der Waals surface area contributed by atoms with Crippen molar-refractivity contribution in [2.75, 3.05) is 13.6 Å². The predicted octanol–water partition coefficient (Wildman–Crippen LogP) is 1.94. The number of hydrogen-bond donors (Lipinski definition) is 1. The van der Waals surface area contributed by atoms with Crippen LogP contribution in [0.3, 0.4) is 0 Å². The first-order valence-corrected chi connectivity index (χ1v) is 5.58. The van der Waals surface area contributed by atoms with Gasteiger partial charge in [-0.15, -0.1) is 11.3 Å². The van der Waals surface area contributed by atoms with Crippen molar-refractivity contribution in [2.24, 2.45) is 5.73 Å². The predicted molar refractivity (Wildman–Crippen MR) is 57.1 cm³/mol. The summed E-state index contributed by atoms with van der Waals surface area (Å²) in [6.07, 6.45) is -3.42. The highest BCUT2D eigenvalue weighted by molar-refractivity contribution is 7.11. The quantitative estimate of drug-likeness (QED) is 0.891. The van der Waals surface area contributed by atoms with Crippen LogP contribution in [0.5, 0.6) is 0 Å². The van der Waals surface area contributed by atoms with Crippen LogP contribution in [0.15, 0.2) is 6.20 Å². The molecule has 0 aliphatic carbocycles. The number of likely N-dealkylation sites (N-methyl/N-ethyl adjacent to an activating group) is 1. The van der Waals surface area contributed by atoms with Crippen LogP contribution >= 0.6 is 11.3 Å². The zero-order valence-corrected chi connectivity index (χ0v) is 9.90. The first-order valence-electron chi connectivity index (χ1n) is 4.76. The summed E-state index contributed by atoms with van der Waals surface area (Å²) in [5, 5.41) is 0.454. The Morgan fingerprint density at radius 1 is 1.56 bits per heavy atom. The standard InChI is InChI=1S/C9H14F3N3S/c1-6(3-13)15(2)5-8-14-4-7(16-8)9(10,11)12/h4,6H,3,5,13H2,1-2H3. The third kappa shape index (κ3) is 3.43. The molecule has 0 aliphatic heterocycles. The van der Waals surface area contributed by atoms with Crippen LogP contribution in [0.1, 0.15) is 16.8 Å². The second kappa shape index (κ2) is 5.11.